The van der Waals surface area contributed by atoms with E-state index in [0.717, 1.165) is 18.5 Å². The molecule has 114 valence electrons. The monoisotopic (exact) mass is 292 g/mol. The van der Waals surface area contributed by atoms with Crippen molar-refractivity contribution in [1.29, 1.82) is 0 Å². The average Bonchev–Trinajstić information content (AvgIpc) is 2.89. The van der Waals surface area contributed by atoms with E-state index in [9.17, 15) is 14.9 Å². The lowest BCUT2D eigenvalue weighted by Crippen LogP contribution is -2.27. The van der Waals surface area contributed by atoms with Crippen LogP contribution in [-0.4, -0.2) is 35.4 Å². The molecule has 21 heavy (non-hydrogen) atoms. The first-order chi connectivity index (χ1) is 10.0. The molecule has 7 nitrogen and oxygen atoms in total. The van der Waals surface area contributed by atoms with Gasteiger partial charge in [-0.3, -0.25) is 19.8 Å². The Kier molecular flexibility index (Phi) is 4.74. The molecular weight excluding hydrogens is 272 g/mol. The average molecular weight is 292 g/mol. The van der Waals surface area contributed by atoms with E-state index in [1.54, 1.807) is 12.1 Å². The Morgan fingerprint density at radius 1 is 1.57 bits per heavy atom. The van der Waals surface area contributed by atoms with Crippen LogP contribution >= 0.6 is 0 Å². The molecule has 1 fully saturated rings. The van der Waals surface area contributed by atoms with Gasteiger partial charge >= 0.3 is 0 Å². The van der Waals surface area contributed by atoms with Crippen LogP contribution < -0.4 is 11.1 Å². The highest BCUT2D eigenvalue weighted by atomic mass is 16.6. The van der Waals surface area contributed by atoms with Crippen molar-refractivity contribution in [3.8, 4) is 0 Å². The largest absolute Gasteiger partial charge is 0.380 e. The van der Waals surface area contributed by atoms with Gasteiger partial charge in [-0.15, -0.1) is 0 Å². The molecule has 1 aliphatic heterocycles. The van der Waals surface area contributed by atoms with E-state index in [-0.39, 0.29) is 22.4 Å². The number of rotatable bonds is 6. The summed E-state index contributed by atoms with van der Waals surface area (Å²) in [5.74, 6) is -0.382. The summed E-state index contributed by atoms with van der Waals surface area (Å²) in [7, 11) is 0. The SMILES string of the molecule is CCNc1ccc(CN2CCC(C(N)=O)C2)cc1[N+](=O)[O-]. The first-order valence-electron chi connectivity index (χ1n) is 7.04. The summed E-state index contributed by atoms with van der Waals surface area (Å²) in [6.45, 7) is 4.53. The fourth-order valence-corrected chi connectivity index (χ4v) is 2.63. The Bertz CT molecular complexity index is 547. The van der Waals surface area contributed by atoms with Gasteiger partial charge in [-0.25, -0.2) is 0 Å². The van der Waals surface area contributed by atoms with Crippen molar-refractivity contribution in [3.63, 3.8) is 0 Å². The summed E-state index contributed by atoms with van der Waals surface area (Å²) in [6, 6.07) is 5.21. The molecule has 1 atom stereocenters. The van der Waals surface area contributed by atoms with Gasteiger partial charge in [-0.2, -0.15) is 0 Å². The molecule has 0 aromatic heterocycles. The lowest BCUT2D eigenvalue weighted by molar-refractivity contribution is -0.384. The molecule has 0 aliphatic carbocycles. The molecule has 0 spiro atoms. The van der Waals surface area contributed by atoms with Gasteiger partial charge in [-0.05, 0) is 31.5 Å². The summed E-state index contributed by atoms with van der Waals surface area (Å²) in [5, 5.41) is 14.1. The molecule has 0 saturated carbocycles. The van der Waals surface area contributed by atoms with Gasteiger partial charge < -0.3 is 11.1 Å². The fraction of sp³-hybridized carbons (Fsp3) is 0.500. The molecule has 1 amide bonds. The molecule has 0 bridgehead atoms. The third-order valence-corrected chi connectivity index (χ3v) is 3.71. The van der Waals surface area contributed by atoms with Crippen molar-refractivity contribution in [2.24, 2.45) is 11.7 Å². The van der Waals surface area contributed by atoms with Gasteiger partial charge in [0.1, 0.15) is 5.69 Å². The molecule has 2 rings (SSSR count). The number of nitrogens with two attached hydrogens (primary N) is 1. The minimum absolute atomic E-state index is 0.0833. The number of carbonyl (C=O) groups excluding carboxylic acids is 1. The lowest BCUT2D eigenvalue weighted by Gasteiger charge is -2.15. The Morgan fingerprint density at radius 2 is 2.33 bits per heavy atom. The molecule has 0 radical (unpaired) electrons. The summed E-state index contributed by atoms with van der Waals surface area (Å²) in [5.41, 5.74) is 6.79. The van der Waals surface area contributed by atoms with Crippen LogP contribution in [0.1, 0.15) is 18.9 Å². The zero-order valence-corrected chi connectivity index (χ0v) is 12.0. The minimum Gasteiger partial charge on any atom is -0.380 e. The Morgan fingerprint density at radius 3 is 2.90 bits per heavy atom. The topological polar surface area (TPSA) is 102 Å². The van der Waals surface area contributed by atoms with E-state index in [1.165, 1.54) is 0 Å². The van der Waals surface area contributed by atoms with Crippen LogP contribution in [0.15, 0.2) is 18.2 Å². The van der Waals surface area contributed by atoms with Gasteiger partial charge in [0.05, 0.1) is 10.8 Å². The summed E-state index contributed by atoms with van der Waals surface area (Å²) >= 11 is 0. The Hall–Kier alpha value is -2.15. The third-order valence-electron chi connectivity index (χ3n) is 3.71. The van der Waals surface area contributed by atoms with E-state index in [0.29, 0.717) is 25.3 Å². The maximum Gasteiger partial charge on any atom is 0.292 e. The molecule has 1 unspecified atom stereocenters. The number of anilines is 1. The van der Waals surface area contributed by atoms with Crippen LogP contribution in [0.25, 0.3) is 0 Å². The van der Waals surface area contributed by atoms with Gasteiger partial charge in [0, 0.05) is 25.7 Å². The Balaban J connectivity index is 2.09. The number of benzene rings is 1. The number of carbonyl (C=O) groups is 1. The van der Waals surface area contributed by atoms with Crippen LogP contribution in [0.3, 0.4) is 0 Å². The molecule has 3 N–H and O–H groups in total. The summed E-state index contributed by atoms with van der Waals surface area (Å²) < 4.78 is 0. The van der Waals surface area contributed by atoms with Crippen LogP contribution in [-0.2, 0) is 11.3 Å². The van der Waals surface area contributed by atoms with Gasteiger partial charge in [0.15, 0.2) is 0 Å². The van der Waals surface area contributed by atoms with Crippen LogP contribution in [0.4, 0.5) is 11.4 Å². The van der Waals surface area contributed by atoms with E-state index in [2.05, 4.69) is 10.2 Å². The van der Waals surface area contributed by atoms with Crippen molar-refractivity contribution in [3.05, 3.63) is 33.9 Å². The minimum atomic E-state index is -0.377. The van der Waals surface area contributed by atoms with E-state index >= 15 is 0 Å². The maximum absolute atomic E-state index is 11.2. The van der Waals surface area contributed by atoms with Crippen molar-refractivity contribution in [1.82, 2.24) is 4.90 Å². The summed E-state index contributed by atoms with van der Waals surface area (Å²) in [6.07, 6.45) is 0.757. The first kappa shape index (κ1) is 15.2. The molecular formula is C14H20N4O3. The standard InChI is InChI=1S/C14H20N4O3/c1-2-16-12-4-3-10(7-13(12)18(20)21)8-17-6-5-11(9-17)14(15)19/h3-4,7,11,16H,2,5-6,8-9H2,1H3,(H2,15,19). The number of hydrogen-bond acceptors (Lipinski definition) is 5. The molecule has 1 aromatic rings. The Labute approximate surface area is 123 Å². The molecule has 1 saturated heterocycles. The van der Waals surface area contributed by atoms with Crippen LogP contribution in [0.2, 0.25) is 0 Å². The highest BCUT2D eigenvalue weighted by Crippen LogP contribution is 2.27. The van der Waals surface area contributed by atoms with Crippen LogP contribution in [0.5, 0.6) is 0 Å². The number of nitrogens with one attached hydrogen (secondary N) is 1. The summed E-state index contributed by atoms with van der Waals surface area (Å²) in [4.78, 5) is 24.0. The zero-order valence-electron chi connectivity index (χ0n) is 12.0. The highest BCUT2D eigenvalue weighted by molar-refractivity contribution is 5.77. The highest BCUT2D eigenvalue weighted by Gasteiger charge is 2.26. The number of likely N-dealkylation sites (tertiary alicyclic amines) is 1. The normalized spacial score (nSPS) is 18.6. The number of primary amides is 1. The van der Waals surface area contributed by atoms with Gasteiger partial charge in [0.25, 0.3) is 5.69 Å². The number of hydrogen-bond donors (Lipinski definition) is 2. The van der Waals surface area contributed by atoms with Gasteiger partial charge in [0.2, 0.25) is 5.91 Å². The number of amides is 1. The predicted molar refractivity (Wildman–Crippen MR) is 79.8 cm³/mol. The van der Waals surface area contributed by atoms with E-state index in [4.69, 9.17) is 5.73 Å². The molecule has 1 aromatic carbocycles. The lowest BCUT2D eigenvalue weighted by atomic mass is 10.1. The van der Waals surface area contributed by atoms with Crippen molar-refractivity contribution in [2.45, 2.75) is 19.9 Å². The van der Waals surface area contributed by atoms with Crippen molar-refractivity contribution < 1.29 is 9.72 Å². The quantitative estimate of drug-likeness (QED) is 0.608. The number of nitrogens with zero attached hydrogens (tertiary/aromatic N) is 2. The van der Waals surface area contributed by atoms with E-state index < -0.39 is 0 Å². The van der Waals surface area contributed by atoms with Crippen molar-refractivity contribution >= 4 is 17.3 Å². The second-order valence-electron chi connectivity index (χ2n) is 5.26. The third kappa shape index (κ3) is 3.69. The number of nitro benzene ring substituents is 1. The van der Waals surface area contributed by atoms with Crippen LogP contribution in [0, 0.1) is 16.0 Å². The zero-order chi connectivity index (χ0) is 15.4. The maximum atomic E-state index is 11.2. The van der Waals surface area contributed by atoms with Gasteiger partial charge in [-0.1, -0.05) is 6.07 Å². The second-order valence-corrected chi connectivity index (χ2v) is 5.26. The fourth-order valence-electron chi connectivity index (χ4n) is 2.63. The molecule has 1 heterocycles. The molecule has 1 aliphatic rings. The molecule has 7 heteroatoms. The van der Waals surface area contributed by atoms with E-state index in [1.807, 2.05) is 13.0 Å². The first-order valence-corrected chi connectivity index (χ1v) is 7.04. The predicted octanol–water partition coefficient (Wildman–Crippen LogP) is 1.33. The number of nitro groups is 1. The smallest absolute Gasteiger partial charge is 0.292 e. The second kappa shape index (κ2) is 6.53. The van der Waals surface area contributed by atoms with Crippen molar-refractivity contribution in [2.75, 3.05) is 25.0 Å².